The number of carbonyl (C=O) groups is 1. The lowest BCUT2D eigenvalue weighted by atomic mass is 9.89. The molecule has 11 heteroatoms. The molecule has 0 amide bonds. The van der Waals surface area contributed by atoms with E-state index in [-0.39, 0.29) is 31.0 Å². The summed E-state index contributed by atoms with van der Waals surface area (Å²) in [4.78, 5) is 14.4. The molecular formula is C43H55NO10. The van der Waals surface area contributed by atoms with Crippen LogP contribution in [0.5, 0.6) is 46.0 Å². The van der Waals surface area contributed by atoms with Gasteiger partial charge in [-0.1, -0.05) is 6.07 Å². The largest absolute Gasteiger partial charge is 0.493 e. The number of esters is 1. The Morgan fingerprint density at radius 3 is 1.76 bits per heavy atom. The van der Waals surface area contributed by atoms with Crippen molar-refractivity contribution < 1.29 is 47.4 Å². The van der Waals surface area contributed by atoms with Crippen LogP contribution in [-0.4, -0.2) is 70.0 Å². The van der Waals surface area contributed by atoms with Crippen LogP contribution in [0.3, 0.4) is 0 Å². The second kappa shape index (κ2) is 16.9. The highest BCUT2D eigenvalue weighted by molar-refractivity contribution is 6.08. The standard InChI is InChI=1S/C43H55NO10/c1-14-50-43(45)40-38(30-21-34(47-11)35(53-25(6)7)22-32(30)52-24(4)5)37(27-15-16-31(51-23(2)3)33(19-27)46-10)39-29-20-36(48-12)42(49-13)41(54-26(8)9)28(29)17-18-44(39)40/h15-16,19-26H,14,17-18H2,1-13H3. The Labute approximate surface area is 319 Å². The summed E-state index contributed by atoms with van der Waals surface area (Å²) in [5.74, 6) is 3.76. The van der Waals surface area contributed by atoms with Gasteiger partial charge in [-0.25, -0.2) is 4.79 Å². The molecule has 0 bridgehead atoms. The molecule has 0 radical (unpaired) electrons. The predicted molar refractivity (Wildman–Crippen MR) is 210 cm³/mol. The molecule has 0 spiro atoms. The lowest BCUT2D eigenvalue weighted by Gasteiger charge is -2.27. The average molecular weight is 746 g/mol. The third-order valence-electron chi connectivity index (χ3n) is 8.73. The van der Waals surface area contributed by atoms with E-state index >= 15 is 0 Å². The van der Waals surface area contributed by atoms with E-state index in [0.29, 0.717) is 75.8 Å². The van der Waals surface area contributed by atoms with Gasteiger partial charge >= 0.3 is 5.97 Å². The van der Waals surface area contributed by atoms with Crippen molar-refractivity contribution in [2.75, 3.05) is 35.0 Å². The molecule has 0 saturated heterocycles. The Balaban J connectivity index is 2.03. The van der Waals surface area contributed by atoms with Crippen LogP contribution >= 0.6 is 0 Å². The molecule has 292 valence electrons. The molecule has 2 heterocycles. The zero-order valence-electron chi connectivity index (χ0n) is 33.9. The minimum absolute atomic E-state index is 0.0820. The van der Waals surface area contributed by atoms with Gasteiger partial charge in [0.1, 0.15) is 11.4 Å². The van der Waals surface area contributed by atoms with Crippen molar-refractivity contribution in [2.45, 2.75) is 99.7 Å². The summed E-state index contributed by atoms with van der Waals surface area (Å²) in [5, 5.41) is 0. The molecule has 0 aliphatic carbocycles. The first kappa shape index (κ1) is 40.0. The second-order valence-electron chi connectivity index (χ2n) is 14.1. The van der Waals surface area contributed by atoms with Crippen LogP contribution in [0.1, 0.15) is 78.4 Å². The van der Waals surface area contributed by atoms with Gasteiger partial charge in [-0.05, 0) is 98.6 Å². The summed E-state index contributed by atoms with van der Waals surface area (Å²) in [6.45, 7) is 18.1. The van der Waals surface area contributed by atoms with Crippen LogP contribution in [0.2, 0.25) is 0 Å². The normalized spacial score (nSPS) is 12.1. The van der Waals surface area contributed by atoms with Gasteiger partial charge in [0, 0.05) is 40.4 Å². The molecule has 1 aromatic heterocycles. The molecule has 0 saturated carbocycles. The highest BCUT2D eigenvalue weighted by atomic mass is 16.5. The zero-order valence-corrected chi connectivity index (χ0v) is 33.9. The van der Waals surface area contributed by atoms with E-state index in [4.69, 9.17) is 42.6 Å². The van der Waals surface area contributed by atoms with E-state index in [0.717, 1.165) is 27.9 Å². The van der Waals surface area contributed by atoms with Crippen LogP contribution in [0.25, 0.3) is 33.5 Å². The maximum absolute atomic E-state index is 14.4. The molecule has 0 N–H and O–H groups in total. The predicted octanol–water partition coefficient (Wildman–Crippen LogP) is 9.41. The van der Waals surface area contributed by atoms with E-state index in [9.17, 15) is 4.79 Å². The number of fused-ring (bicyclic) bond motifs is 3. The Kier molecular flexibility index (Phi) is 12.5. The minimum atomic E-state index is -0.480. The minimum Gasteiger partial charge on any atom is -0.493 e. The zero-order chi connectivity index (χ0) is 39.4. The molecule has 1 aliphatic heterocycles. The van der Waals surface area contributed by atoms with Gasteiger partial charge in [0.25, 0.3) is 0 Å². The van der Waals surface area contributed by atoms with E-state index < -0.39 is 5.97 Å². The first-order valence-corrected chi connectivity index (χ1v) is 18.6. The number of nitrogens with zero attached hydrogens (tertiary/aromatic N) is 1. The van der Waals surface area contributed by atoms with Gasteiger partial charge in [0.2, 0.25) is 5.75 Å². The molecule has 54 heavy (non-hydrogen) atoms. The Morgan fingerprint density at radius 2 is 1.19 bits per heavy atom. The number of rotatable bonds is 16. The highest BCUT2D eigenvalue weighted by Crippen LogP contribution is 2.56. The van der Waals surface area contributed by atoms with E-state index in [2.05, 4.69) is 0 Å². The maximum Gasteiger partial charge on any atom is 0.355 e. The number of hydrogen-bond acceptors (Lipinski definition) is 10. The Bertz CT molecular complexity index is 1970. The molecular weight excluding hydrogens is 690 g/mol. The van der Waals surface area contributed by atoms with Crippen LogP contribution in [0, 0.1) is 0 Å². The number of aromatic nitrogens is 1. The third-order valence-corrected chi connectivity index (χ3v) is 8.73. The van der Waals surface area contributed by atoms with Crippen molar-refractivity contribution in [3.63, 3.8) is 0 Å². The SMILES string of the molecule is CCOC(=O)c1c(-c2cc(OC)c(OC(C)C)cc2OC(C)C)c(-c2ccc(OC(C)C)c(OC)c2)c2n1CCc1c-2cc(OC)c(OC)c1OC(C)C. The van der Waals surface area contributed by atoms with Crippen molar-refractivity contribution in [1.82, 2.24) is 4.57 Å². The molecule has 5 rings (SSSR count). The van der Waals surface area contributed by atoms with Crippen molar-refractivity contribution in [2.24, 2.45) is 0 Å². The summed E-state index contributed by atoms with van der Waals surface area (Å²) < 4.78 is 56.9. The fraction of sp³-hybridized carbons (Fsp3) is 0.465. The number of ether oxygens (including phenoxy) is 9. The van der Waals surface area contributed by atoms with Crippen molar-refractivity contribution in [3.05, 3.63) is 47.7 Å². The fourth-order valence-corrected chi connectivity index (χ4v) is 6.89. The maximum atomic E-state index is 14.4. The average Bonchev–Trinajstić information content (AvgIpc) is 3.46. The number of methoxy groups -OCH3 is 4. The summed E-state index contributed by atoms with van der Waals surface area (Å²) >= 11 is 0. The van der Waals surface area contributed by atoms with Gasteiger partial charge in [0.05, 0.1) is 65.2 Å². The molecule has 0 atom stereocenters. The molecule has 1 aliphatic rings. The van der Waals surface area contributed by atoms with Gasteiger partial charge < -0.3 is 47.2 Å². The van der Waals surface area contributed by atoms with Crippen molar-refractivity contribution in [3.8, 4) is 79.5 Å². The molecule has 11 nitrogen and oxygen atoms in total. The molecule has 0 unspecified atom stereocenters. The summed E-state index contributed by atoms with van der Waals surface area (Å²) in [5.41, 5.74) is 5.61. The van der Waals surface area contributed by atoms with E-state index in [1.807, 2.05) is 96.4 Å². The summed E-state index contributed by atoms with van der Waals surface area (Å²) in [6.07, 6.45) is -0.0389. The van der Waals surface area contributed by atoms with Crippen LogP contribution < -0.4 is 37.9 Å². The van der Waals surface area contributed by atoms with Gasteiger partial charge in [0.15, 0.2) is 34.5 Å². The first-order valence-electron chi connectivity index (χ1n) is 18.6. The third kappa shape index (κ3) is 7.86. The molecule has 0 fully saturated rings. The van der Waals surface area contributed by atoms with Crippen LogP contribution in [0.4, 0.5) is 0 Å². The van der Waals surface area contributed by atoms with Crippen LogP contribution in [-0.2, 0) is 17.7 Å². The van der Waals surface area contributed by atoms with Crippen molar-refractivity contribution in [1.29, 1.82) is 0 Å². The lowest BCUT2D eigenvalue weighted by Crippen LogP contribution is -2.20. The number of hydrogen-bond donors (Lipinski definition) is 0. The molecule has 3 aromatic carbocycles. The quantitative estimate of drug-likeness (QED) is 0.103. The smallest absolute Gasteiger partial charge is 0.355 e. The van der Waals surface area contributed by atoms with E-state index in [1.54, 1.807) is 35.4 Å². The van der Waals surface area contributed by atoms with E-state index in [1.165, 1.54) is 0 Å². The van der Waals surface area contributed by atoms with Crippen molar-refractivity contribution >= 4 is 5.97 Å². The first-order chi connectivity index (χ1) is 25.8. The Hall–Kier alpha value is -5.19. The molecule has 4 aromatic rings. The topological polar surface area (TPSA) is 105 Å². The summed E-state index contributed by atoms with van der Waals surface area (Å²) in [7, 11) is 6.41. The number of benzene rings is 3. The van der Waals surface area contributed by atoms with Gasteiger partial charge in [-0.3, -0.25) is 0 Å². The van der Waals surface area contributed by atoms with Crippen LogP contribution in [0.15, 0.2) is 36.4 Å². The Morgan fingerprint density at radius 1 is 0.611 bits per heavy atom. The summed E-state index contributed by atoms with van der Waals surface area (Å²) in [6, 6.07) is 11.5. The monoisotopic (exact) mass is 745 g/mol. The lowest BCUT2D eigenvalue weighted by molar-refractivity contribution is 0.0514. The van der Waals surface area contributed by atoms with Gasteiger partial charge in [-0.2, -0.15) is 0 Å². The van der Waals surface area contributed by atoms with Gasteiger partial charge in [-0.15, -0.1) is 0 Å². The fourth-order valence-electron chi connectivity index (χ4n) is 6.89. The number of carbonyl (C=O) groups excluding carboxylic acids is 1. The second-order valence-corrected chi connectivity index (χ2v) is 14.1. The highest BCUT2D eigenvalue weighted by Gasteiger charge is 2.38.